The van der Waals surface area contributed by atoms with Crippen molar-refractivity contribution in [1.29, 1.82) is 5.26 Å². The second-order valence-electron chi connectivity index (χ2n) is 9.14. The van der Waals surface area contributed by atoms with Crippen LogP contribution < -0.4 is 10.1 Å². The van der Waals surface area contributed by atoms with Crippen molar-refractivity contribution in [2.75, 3.05) is 32.2 Å². The van der Waals surface area contributed by atoms with E-state index in [4.69, 9.17) is 14.2 Å². The van der Waals surface area contributed by atoms with Gasteiger partial charge in [-0.3, -0.25) is 4.68 Å². The number of anilines is 2. The van der Waals surface area contributed by atoms with E-state index in [1.807, 2.05) is 41.2 Å². The quantitative estimate of drug-likeness (QED) is 0.377. The molecule has 2 unspecified atom stereocenters. The predicted octanol–water partition coefficient (Wildman–Crippen LogP) is -1.94. The fourth-order valence-corrected chi connectivity index (χ4v) is 3.69. The summed E-state index contributed by atoms with van der Waals surface area (Å²) in [6.45, 7) is 2.92. The highest BCUT2D eigenvalue weighted by molar-refractivity contribution is 6.56. The molecule has 1 saturated heterocycles. The van der Waals surface area contributed by atoms with Gasteiger partial charge in [-0.15, -0.1) is 5.10 Å². The molecule has 3 aromatic rings. The van der Waals surface area contributed by atoms with E-state index in [2.05, 4.69) is 26.5 Å². The number of aliphatic hydroxyl groups is 1. The minimum absolute atomic E-state index is 0.0868. The number of rotatable bonds is 8. The summed E-state index contributed by atoms with van der Waals surface area (Å²) >= 11 is 0. The molecule has 0 saturated carbocycles. The number of hydrogen-bond acceptors (Lipinski definition) is 9. The van der Waals surface area contributed by atoms with Crippen molar-refractivity contribution in [3.63, 3.8) is 0 Å². The number of methoxy groups -OCH3 is 1. The first-order chi connectivity index (χ1) is 15.7. The van der Waals surface area contributed by atoms with Crippen LogP contribution in [0.2, 0.25) is 0 Å². The Hall–Kier alpha value is -3.01. The summed E-state index contributed by atoms with van der Waals surface area (Å²) in [7, 11) is 7.70. The molecular formula is C19H26B3N7O4. The molecule has 1 fully saturated rings. The molecule has 3 atom stereocenters. The average Bonchev–Trinajstić information content (AvgIpc) is 3.45. The molecule has 11 nitrogen and oxygen atoms in total. The molecule has 0 aromatic carbocycles. The van der Waals surface area contributed by atoms with Gasteiger partial charge in [-0.25, -0.2) is 4.98 Å². The van der Waals surface area contributed by atoms with Crippen molar-refractivity contribution in [2.45, 2.75) is 30.4 Å². The SMILES string of the molecule is BC(B)(B)n1cc(Nc2ncc3cc(C#N)n([C@@H](C)COC)c3n2)c(OC2COCC2O)n1. The Labute approximate surface area is 194 Å². The molecule has 0 bridgehead atoms. The molecule has 0 aliphatic carbocycles. The van der Waals surface area contributed by atoms with Crippen LogP contribution in [0.1, 0.15) is 18.7 Å². The van der Waals surface area contributed by atoms with Gasteiger partial charge in [-0.2, -0.15) is 10.2 Å². The van der Waals surface area contributed by atoms with Crippen molar-refractivity contribution in [3.05, 3.63) is 24.2 Å². The van der Waals surface area contributed by atoms with Crippen LogP contribution in [0, 0.1) is 11.3 Å². The summed E-state index contributed by atoms with van der Waals surface area (Å²) in [6.07, 6.45) is 2.26. The molecule has 1 aliphatic rings. The fourth-order valence-electron chi connectivity index (χ4n) is 3.69. The first kappa shape index (κ1) is 23.2. The number of fused-ring (bicyclic) bond motifs is 1. The maximum atomic E-state index is 10.1. The molecule has 4 rings (SSSR count). The standard InChI is InChI=1S/C19H26B3N7O4/c1-10(7-31-2)29-12(4-23)3-11-5-24-18(26-16(11)29)25-13-6-28(19(20,21)22)27-17(13)33-15-9-32-8-14(15)30/h3,5-6,10,14-15,30H,7-9,20-22H2,1-2H3,(H,24,25,26)/t10-,14?,15?/m0/s1. The molecule has 3 aromatic heterocycles. The van der Waals surface area contributed by atoms with E-state index in [-0.39, 0.29) is 24.5 Å². The average molecular weight is 449 g/mol. The highest BCUT2D eigenvalue weighted by Gasteiger charge is 2.31. The van der Waals surface area contributed by atoms with E-state index in [1.165, 1.54) is 0 Å². The number of aliphatic hydroxyl groups excluding tert-OH is 1. The third-order valence-corrected chi connectivity index (χ3v) is 5.42. The summed E-state index contributed by atoms with van der Waals surface area (Å²) in [5.41, 5.74) is 1.67. The van der Waals surface area contributed by atoms with Crippen LogP contribution in [-0.4, -0.2) is 92.1 Å². The molecule has 170 valence electrons. The third-order valence-electron chi connectivity index (χ3n) is 5.42. The van der Waals surface area contributed by atoms with Crippen molar-refractivity contribution < 1.29 is 19.3 Å². The molecule has 33 heavy (non-hydrogen) atoms. The Morgan fingerprint density at radius 3 is 2.85 bits per heavy atom. The van der Waals surface area contributed by atoms with Crippen LogP contribution in [0.15, 0.2) is 18.5 Å². The van der Waals surface area contributed by atoms with Gasteiger partial charge < -0.3 is 29.2 Å². The van der Waals surface area contributed by atoms with Gasteiger partial charge in [0, 0.05) is 18.7 Å². The highest BCUT2D eigenvalue weighted by Crippen LogP contribution is 2.30. The first-order valence-electron chi connectivity index (χ1n) is 10.8. The maximum absolute atomic E-state index is 10.1. The zero-order valence-electron chi connectivity index (χ0n) is 19.4. The van der Waals surface area contributed by atoms with Gasteiger partial charge in [-0.05, 0) is 18.2 Å². The fraction of sp³-hybridized carbons (Fsp3) is 0.474. The Bertz CT molecular complexity index is 1190. The van der Waals surface area contributed by atoms with E-state index in [1.54, 1.807) is 24.1 Å². The lowest BCUT2D eigenvalue weighted by molar-refractivity contribution is 0.0703. The van der Waals surface area contributed by atoms with Crippen molar-refractivity contribution in [1.82, 2.24) is 24.3 Å². The zero-order valence-corrected chi connectivity index (χ0v) is 19.4. The van der Waals surface area contributed by atoms with Crippen molar-refractivity contribution >= 4 is 46.2 Å². The highest BCUT2D eigenvalue weighted by atomic mass is 16.6. The topological polar surface area (TPSA) is 132 Å². The van der Waals surface area contributed by atoms with Crippen LogP contribution in [-0.2, 0) is 14.7 Å². The smallest absolute Gasteiger partial charge is 0.257 e. The lowest BCUT2D eigenvalue weighted by Gasteiger charge is -2.19. The summed E-state index contributed by atoms with van der Waals surface area (Å²) in [6, 6.07) is 3.89. The van der Waals surface area contributed by atoms with Gasteiger partial charge >= 0.3 is 0 Å². The van der Waals surface area contributed by atoms with Crippen LogP contribution in [0.3, 0.4) is 0 Å². The second kappa shape index (κ2) is 9.09. The van der Waals surface area contributed by atoms with Gasteiger partial charge in [0.05, 0.1) is 32.1 Å². The predicted molar refractivity (Wildman–Crippen MR) is 129 cm³/mol. The van der Waals surface area contributed by atoms with E-state index < -0.39 is 12.2 Å². The summed E-state index contributed by atoms with van der Waals surface area (Å²) in [5.74, 6) is 0.654. The Kier molecular flexibility index (Phi) is 6.38. The molecule has 0 amide bonds. The van der Waals surface area contributed by atoms with Crippen molar-refractivity contribution in [2.24, 2.45) is 0 Å². The number of aromatic nitrogens is 5. The minimum atomic E-state index is -0.722. The zero-order chi connectivity index (χ0) is 23.8. The normalized spacial score (nSPS) is 19.5. The lowest BCUT2D eigenvalue weighted by atomic mass is 9.49. The van der Waals surface area contributed by atoms with Crippen LogP contribution in [0.25, 0.3) is 11.0 Å². The third kappa shape index (κ3) is 4.71. The van der Waals surface area contributed by atoms with Crippen LogP contribution in [0.5, 0.6) is 5.88 Å². The Balaban J connectivity index is 1.70. The lowest BCUT2D eigenvalue weighted by Crippen LogP contribution is -2.35. The van der Waals surface area contributed by atoms with E-state index in [9.17, 15) is 10.4 Å². The Morgan fingerprint density at radius 1 is 1.42 bits per heavy atom. The van der Waals surface area contributed by atoms with E-state index >= 15 is 0 Å². The van der Waals surface area contributed by atoms with Gasteiger partial charge in [-0.1, -0.05) is 0 Å². The van der Waals surface area contributed by atoms with Gasteiger partial charge in [0.1, 0.15) is 52.7 Å². The van der Waals surface area contributed by atoms with Gasteiger partial charge in [0.25, 0.3) is 5.88 Å². The summed E-state index contributed by atoms with van der Waals surface area (Å²) < 4.78 is 20.2. The Morgan fingerprint density at radius 2 is 2.21 bits per heavy atom. The van der Waals surface area contributed by atoms with E-state index in [0.29, 0.717) is 35.5 Å². The van der Waals surface area contributed by atoms with Crippen LogP contribution >= 0.6 is 0 Å². The van der Waals surface area contributed by atoms with Gasteiger partial charge in [0.2, 0.25) is 5.95 Å². The molecule has 4 heterocycles. The molecule has 2 N–H and O–H groups in total. The van der Waals surface area contributed by atoms with Gasteiger partial charge in [0.15, 0.2) is 6.10 Å². The summed E-state index contributed by atoms with van der Waals surface area (Å²) in [4.78, 5) is 9.08. The molecule has 0 spiro atoms. The van der Waals surface area contributed by atoms with E-state index in [0.717, 1.165) is 5.39 Å². The number of nitriles is 1. The van der Waals surface area contributed by atoms with Crippen LogP contribution in [0.4, 0.5) is 11.6 Å². The first-order valence-corrected chi connectivity index (χ1v) is 10.8. The second-order valence-corrected chi connectivity index (χ2v) is 9.14. The minimum Gasteiger partial charge on any atom is -0.466 e. The summed E-state index contributed by atoms with van der Waals surface area (Å²) in [5, 5.41) is 27.9. The molecule has 14 heteroatoms. The number of ether oxygens (including phenoxy) is 3. The molecular weight excluding hydrogens is 423 g/mol. The monoisotopic (exact) mass is 449 g/mol. The van der Waals surface area contributed by atoms with Crippen molar-refractivity contribution in [3.8, 4) is 11.9 Å². The maximum Gasteiger partial charge on any atom is 0.257 e. The molecule has 1 aliphatic heterocycles. The largest absolute Gasteiger partial charge is 0.466 e. The molecule has 0 radical (unpaired) electrons. The number of nitrogens with one attached hydrogen (secondary N) is 1. The number of nitrogens with zero attached hydrogens (tertiary/aromatic N) is 6. The number of hydrogen-bond donors (Lipinski definition) is 2.